The molecule has 18 heavy (non-hydrogen) atoms. The summed E-state index contributed by atoms with van der Waals surface area (Å²) in [5.41, 5.74) is 6.29. The van der Waals surface area contributed by atoms with Gasteiger partial charge in [0, 0.05) is 13.1 Å². The van der Waals surface area contributed by atoms with E-state index in [1.165, 1.54) is 51.4 Å². The van der Waals surface area contributed by atoms with E-state index in [9.17, 15) is 4.79 Å². The second-order valence-electron chi connectivity index (χ2n) is 6.60. The lowest BCUT2D eigenvalue weighted by Gasteiger charge is -2.42. The molecule has 0 aromatic carbocycles. The van der Waals surface area contributed by atoms with Gasteiger partial charge in [-0.2, -0.15) is 0 Å². The van der Waals surface area contributed by atoms with Crippen LogP contribution in [0.4, 0.5) is 0 Å². The molecule has 0 spiro atoms. The molecule has 102 valence electrons. The van der Waals surface area contributed by atoms with Crippen LogP contribution in [0, 0.1) is 17.8 Å². The molecule has 0 bridgehead atoms. The van der Waals surface area contributed by atoms with Crippen molar-refractivity contribution >= 4 is 5.91 Å². The molecule has 1 saturated heterocycles. The molecule has 2 saturated carbocycles. The van der Waals surface area contributed by atoms with Crippen LogP contribution in [-0.4, -0.2) is 29.9 Å². The molecule has 5 unspecified atom stereocenters. The maximum absolute atomic E-state index is 12.5. The van der Waals surface area contributed by atoms with Gasteiger partial charge in [0.15, 0.2) is 0 Å². The van der Waals surface area contributed by atoms with Crippen LogP contribution in [-0.2, 0) is 4.79 Å². The van der Waals surface area contributed by atoms with E-state index in [4.69, 9.17) is 5.73 Å². The van der Waals surface area contributed by atoms with Gasteiger partial charge in [0.1, 0.15) is 0 Å². The lowest BCUT2D eigenvalue weighted by Crippen LogP contribution is -2.48. The van der Waals surface area contributed by atoms with Crippen LogP contribution in [0.2, 0.25) is 0 Å². The summed E-state index contributed by atoms with van der Waals surface area (Å²) in [7, 11) is 1.99. The molecule has 0 aromatic rings. The minimum Gasteiger partial charge on any atom is -0.341 e. The zero-order chi connectivity index (χ0) is 12.7. The monoisotopic (exact) mass is 250 g/mol. The fourth-order valence-corrected chi connectivity index (χ4v) is 4.87. The standard InChI is InChI=1S/C15H26N2O/c1-17-13-9-5-4-7-11(13)10-6-2-3-8-12(10)14(16)15(17)18/h10-14H,2-9,16H2,1H3. The quantitative estimate of drug-likeness (QED) is 0.716. The molecule has 3 nitrogen and oxygen atoms in total. The van der Waals surface area contributed by atoms with Crippen molar-refractivity contribution in [1.29, 1.82) is 0 Å². The molecule has 3 fully saturated rings. The van der Waals surface area contributed by atoms with Gasteiger partial charge in [0.05, 0.1) is 6.04 Å². The Hall–Kier alpha value is -0.570. The summed E-state index contributed by atoms with van der Waals surface area (Å²) in [5.74, 6) is 2.11. The van der Waals surface area contributed by atoms with Crippen LogP contribution >= 0.6 is 0 Å². The number of nitrogens with two attached hydrogens (primary N) is 1. The Labute approximate surface area is 110 Å². The van der Waals surface area contributed by atoms with Crippen LogP contribution in [0.25, 0.3) is 0 Å². The molecule has 3 rings (SSSR count). The van der Waals surface area contributed by atoms with Gasteiger partial charge in [-0.3, -0.25) is 4.79 Å². The van der Waals surface area contributed by atoms with Crippen molar-refractivity contribution in [2.24, 2.45) is 23.5 Å². The molecule has 1 amide bonds. The second kappa shape index (κ2) is 4.84. The molecular weight excluding hydrogens is 224 g/mol. The van der Waals surface area contributed by atoms with Crippen molar-refractivity contribution in [3.63, 3.8) is 0 Å². The molecule has 0 radical (unpaired) electrons. The molecule has 1 aliphatic heterocycles. The summed E-state index contributed by atoms with van der Waals surface area (Å²) >= 11 is 0. The SMILES string of the molecule is CN1C(=O)C(N)C2CCCCC2C2CCCCC21. The number of amides is 1. The van der Waals surface area contributed by atoms with Crippen molar-refractivity contribution in [1.82, 2.24) is 4.90 Å². The normalized spacial score (nSPS) is 45.1. The Bertz CT molecular complexity index is 300. The number of rotatable bonds is 0. The predicted molar refractivity (Wildman–Crippen MR) is 71.9 cm³/mol. The van der Waals surface area contributed by atoms with Gasteiger partial charge in [0.2, 0.25) is 5.91 Å². The molecule has 3 aliphatic rings. The number of hydrogen-bond donors (Lipinski definition) is 1. The highest BCUT2D eigenvalue weighted by Gasteiger charge is 2.47. The molecule has 1 heterocycles. The van der Waals surface area contributed by atoms with E-state index in [1.807, 2.05) is 11.9 Å². The first-order valence-electron chi connectivity index (χ1n) is 7.72. The van der Waals surface area contributed by atoms with Gasteiger partial charge in [-0.15, -0.1) is 0 Å². The van der Waals surface area contributed by atoms with E-state index in [2.05, 4.69) is 0 Å². The third kappa shape index (κ3) is 1.87. The highest BCUT2D eigenvalue weighted by molar-refractivity contribution is 5.82. The average Bonchev–Trinajstić information content (AvgIpc) is 2.51. The van der Waals surface area contributed by atoms with Crippen molar-refractivity contribution in [2.75, 3.05) is 7.05 Å². The number of likely N-dealkylation sites (tertiary alicyclic amines) is 1. The van der Waals surface area contributed by atoms with E-state index < -0.39 is 0 Å². The van der Waals surface area contributed by atoms with Crippen molar-refractivity contribution in [3.8, 4) is 0 Å². The minimum atomic E-state index is -0.231. The molecule has 3 heteroatoms. The Morgan fingerprint density at radius 1 is 0.944 bits per heavy atom. The summed E-state index contributed by atoms with van der Waals surface area (Å²) in [4.78, 5) is 14.5. The second-order valence-corrected chi connectivity index (χ2v) is 6.60. The Morgan fingerprint density at radius 3 is 2.22 bits per heavy atom. The van der Waals surface area contributed by atoms with Crippen LogP contribution in [0.1, 0.15) is 51.4 Å². The molecular formula is C15H26N2O. The number of fused-ring (bicyclic) bond motifs is 3. The minimum absolute atomic E-state index is 0.210. The summed E-state index contributed by atoms with van der Waals surface area (Å²) in [6.07, 6.45) is 10.2. The highest BCUT2D eigenvalue weighted by Crippen LogP contribution is 2.46. The fourth-order valence-electron chi connectivity index (χ4n) is 4.87. The highest BCUT2D eigenvalue weighted by atomic mass is 16.2. The smallest absolute Gasteiger partial charge is 0.239 e. The Kier molecular flexibility index (Phi) is 3.35. The van der Waals surface area contributed by atoms with Crippen molar-refractivity contribution in [2.45, 2.75) is 63.5 Å². The molecule has 5 atom stereocenters. The van der Waals surface area contributed by atoms with E-state index in [0.29, 0.717) is 17.9 Å². The Balaban J connectivity index is 1.93. The van der Waals surface area contributed by atoms with Crippen molar-refractivity contribution in [3.05, 3.63) is 0 Å². The summed E-state index contributed by atoms with van der Waals surface area (Å²) in [5, 5.41) is 0. The van der Waals surface area contributed by atoms with Crippen LogP contribution in [0.3, 0.4) is 0 Å². The third-order valence-electron chi connectivity index (χ3n) is 5.80. The van der Waals surface area contributed by atoms with Gasteiger partial charge in [0.25, 0.3) is 0 Å². The maximum Gasteiger partial charge on any atom is 0.239 e. The van der Waals surface area contributed by atoms with E-state index in [0.717, 1.165) is 5.92 Å². The largest absolute Gasteiger partial charge is 0.341 e. The molecule has 0 aromatic heterocycles. The zero-order valence-corrected chi connectivity index (χ0v) is 11.5. The van der Waals surface area contributed by atoms with E-state index in [1.54, 1.807) is 0 Å². The number of carbonyl (C=O) groups excluding carboxylic acids is 1. The Morgan fingerprint density at radius 2 is 1.50 bits per heavy atom. The maximum atomic E-state index is 12.5. The summed E-state index contributed by atoms with van der Waals surface area (Å²) < 4.78 is 0. The number of likely N-dealkylation sites (N-methyl/N-ethyl adjacent to an activating group) is 1. The molecule has 2 N–H and O–H groups in total. The first kappa shape index (κ1) is 12.5. The average molecular weight is 250 g/mol. The zero-order valence-electron chi connectivity index (χ0n) is 11.5. The number of nitrogens with zero attached hydrogens (tertiary/aromatic N) is 1. The van der Waals surface area contributed by atoms with Crippen LogP contribution in [0.5, 0.6) is 0 Å². The lowest BCUT2D eigenvalue weighted by atomic mass is 9.65. The van der Waals surface area contributed by atoms with Gasteiger partial charge >= 0.3 is 0 Å². The van der Waals surface area contributed by atoms with Gasteiger partial charge < -0.3 is 10.6 Å². The van der Waals surface area contributed by atoms with Crippen molar-refractivity contribution < 1.29 is 4.79 Å². The van der Waals surface area contributed by atoms with Gasteiger partial charge in [-0.05, 0) is 43.4 Å². The number of hydrogen-bond acceptors (Lipinski definition) is 2. The van der Waals surface area contributed by atoms with Gasteiger partial charge in [-0.1, -0.05) is 25.7 Å². The summed E-state index contributed by atoms with van der Waals surface area (Å²) in [6.45, 7) is 0. The fraction of sp³-hybridized carbons (Fsp3) is 0.933. The summed E-state index contributed by atoms with van der Waals surface area (Å²) in [6, 6.07) is 0.247. The lowest BCUT2D eigenvalue weighted by molar-refractivity contribution is -0.134. The third-order valence-corrected chi connectivity index (χ3v) is 5.80. The van der Waals surface area contributed by atoms with Gasteiger partial charge in [-0.25, -0.2) is 0 Å². The topological polar surface area (TPSA) is 46.3 Å². The van der Waals surface area contributed by atoms with E-state index in [-0.39, 0.29) is 11.9 Å². The molecule has 2 aliphatic carbocycles. The van der Waals surface area contributed by atoms with Crippen LogP contribution in [0.15, 0.2) is 0 Å². The van der Waals surface area contributed by atoms with Crippen LogP contribution < -0.4 is 5.73 Å². The predicted octanol–water partition coefficient (Wildman–Crippen LogP) is 2.15. The first-order valence-corrected chi connectivity index (χ1v) is 7.72. The number of carbonyl (C=O) groups is 1. The van der Waals surface area contributed by atoms with E-state index >= 15 is 0 Å². The first-order chi connectivity index (χ1) is 8.70.